The van der Waals surface area contributed by atoms with Crippen LogP contribution in [0.15, 0.2) is 66.7 Å². The number of aromatic carboxylic acids is 1. The summed E-state index contributed by atoms with van der Waals surface area (Å²) in [5.41, 5.74) is 4.89. The number of hydrogen-bond acceptors (Lipinski definition) is 3. The van der Waals surface area contributed by atoms with Crippen LogP contribution in [-0.4, -0.2) is 11.1 Å². The molecule has 2 bridgehead atoms. The molecule has 168 valence electrons. The maximum absolute atomic E-state index is 11.6. The summed E-state index contributed by atoms with van der Waals surface area (Å²) in [5.74, 6) is 2.24. The zero-order valence-corrected chi connectivity index (χ0v) is 19.0. The van der Waals surface area contributed by atoms with E-state index in [4.69, 9.17) is 16.3 Å². The topological polar surface area (TPSA) is 58.6 Å². The lowest BCUT2D eigenvalue weighted by atomic mass is 9.68. The largest absolute Gasteiger partial charge is 0.489 e. The van der Waals surface area contributed by atoms with E-state index in [0.29, 0.717) is 40.9 Å². The van der Waals surface area contributed by atoms with Gasteiger partial charge in [0, 0.05) is 16.3 Å². The molecular formula is C28H26ClNO3. The molecule has 2 fully saturated rings. The van der Waals surface area contributed by atoms with Crippen molar-refractivity contribution >= 4 is 23.3 Å². The normalized spacial score (nSPS) is 26.9. The summed E-state index contributed by atoms with van der Waals surface area (Å²) in [6.07, 6.45) is 3.78. The molecule has 0 spiro atoms. The highest BCUT2D eigenvalue weighted by atomic mass is 35.5. The van der Waals surface area contributed by atoms with Gasteiger partial charge >= 0.3 is 5.97 Å². The number of ether oxygens (including phenoxy) is 1. The van der Waals surface area contributed by atoms with Gasteiger partial charge in [0.1, 0.15) is 12.4 Å². The van der Waals surface area contributed by atoms with E-state index in [-0.39, 0.29) is 6.04 Å². The molecule has 3 aromatic carbocycles. The Morgan fingerprint density at radius 1 is 1.03 bits per heavy atom. The van der Waals surface area contributed by atoms with Gasteiger partial charge in [-0.15, -0.1) is 0 Å². The molecule has 1 aliphatic heterocycles. The number of nitrogens with one attached hydrogen (secondary N) is 1. The second-order valence-electron chi connectivity index (χ2n) is 9.61. The van der Waals surface area contributed by atoms with Crippen LogP contribution in [0.5, 0.6) is 5.75 Å². The van der Waals surface area contributed by atoms with E-state index < -0.39 is 5.97 Å². The number of benzene rings is 3. The second-order valence-corrected chi connectivity index (χ2v) is 10.0. The summed E-state index contributed by atoms with van der Waals surface area (Å²) >= 11 is 6.25. The van der Waals surface area contributed by atoms with Crippen molar-refractivity contribution in [1.82, 2.24) is 0 Å². The fraction of sp³-hybridized carbons (Fsp3) is 0.321. The standard InChI is InChI=1S/C28H26ClNO3/c29-23-4-2-1-3-20(23)15-33-21-10-7-16(8-11-21)27-26-18-6-5-17(13-18)25(26)22-14-19(28(31)32)9-12-24(22)30-27/h1-4,7-12,14,17-18,25-27,30H,5-6,13,15H2,(H,31,32)/t17-,18-,25-,26+,27+/m0/s1. The summed E-state index contributed by atoms with van der Waals surface area (Å²) in [4.78, 5) is 11.6. The fourth-order valence-electron chi connectivity index (χ4n) is 6.50. The number of fused-ring (bicyclic) bond motifs is 7. The number of carbonyl (C=O) groups is 1. The Labute approximate surface area is 198 Å². The molecule has 0 amide bonds. The Morgan fingerprint density at radius 2 is 1.82 bits per heavy atom. The molecule has 33 heavy (non-hydrogen) atoms. The SMILES string of the molecule is O=C(O)c1ccc2c(c1)[C@@H]1[C@H]3CC[C@@H](C3)[C@H]1[C@@H](c1ccc(OCc3ccccc3Cl)cc1)N2. The monoisotopic (exact) mass is 459 g/mol. The van der Waals surface area contributed by atoms with Gasteiger partial charge in [-0.3, -0.25) is 0 Å². The lowest BCUT2D eigenvalue weighted by Gasteiger charge is -2.43. The van der Waals surface area contributed by atoms with Crippen molar-refractivity contribution in [3.05, 3.63) is 94.0 Å². The maximum Gasteiger partial charge on any atom is 0.335 e. The molecule has 0 saturated heterocycles. The number of carboxylic acid groups (broad SMARTS) is 1. The molecule has 2 aliphatic carbocycles. The van der Waals surface area contributed by atoms with Crippen molar-refractivity contribution in [1.29, 1.82) is 0 Å². The average Bonchev–Trinajstić information content (AvgIpc) is 3.46. The highest BCUT2D eigenvalue weighted by Crippen LogP contribution is 2.63. The molecule has 5 heteroatoms. The number of anilines is 1. The van der Waals surface area contributed by atoms with Crippen molar-refractivity contribution in [3.63, 3.8) is 0 Å². The molecule has 5 atom stereocenters. The molecule has 4 nitrogen and oxygen atoms in total. The molecule has 6 rings (SSSR count). The molecule has 1 heterocycles. The van der Waals surface area contributed by atoms with Gasteiger partial charge in [-0.2, -0.15) is 0 Å². The van der Waals surface area contributed by atoms with E-state index in [1.54, 1.807) is 6.07 Å². The number of rotatable bonds is 5. The van der Waals surface area contributed by atoms with Crippen LogP contribution in [0.2, 0.25) is 5.02 Å². The molecular weight excluding hydrogens is 434 g/mol. The van der Waals surface area contributed by atoms with E-state index in [2.05, 4.69) is 17.4 Å². The minimum atomic E-state index is -0.855. The smallest absolute Gasteiger partial charge is 0.335 e. The zero-order valence-electron chi connectivity index (χ0n) is 18.2. The minimum absolute atomic E-state index is 0.228. The van der Waals surface area contributed by atoms with Crippen molar-refractivity contribution < 1.29 is 14.6 Å². The predicted molar refractivity (Wildman–Crippen MR) is 129 cm³/mol. The summed E-state index contributed by atoms with van der Waals surface area (Å²) < 4.78 is 5.98. The zero-order chi connectivity index (χ0) is 22.5. The minimum Gasteiger partial charge on any atom is -0.489 e. The van der Waals surface area contributed by atoms with Crippen LogP contribution in [0.1, 0.15) is 58.3 Å². The summed E-state index contributed by atoms with van der Waals surface area (Å²) in [6.45, 7) is 0.439. The summed E-state index contributed by atoms with van der Waals surface area (Å²) in [7, 11) is 0. The van der Waals surface area contributed by atoms with E-state index in [9.17, 15) is 9.90 Å². The lowest BCUT2D eigenvalue weighted by molar-refractivity contribution is 0.0696. The van der Waals surface area contributed by atoms with Gasteiger partial charge in [-0.1, -0.05) is 41.9 Å². The Hall–Kier alpha value is -2.98. The van der Waals surface area contributed by atoms with Gasteiger partial charge in [0.05, 0.1) is 11.6 Å². The van der Waals surface area contributed by atoms with E-state index in [0.717, 1.165) is 17.0 Å². The summed E-state index contributed by atoms with van der Waals surface area (Å²) in [5, 5.41) is 14.0. The van der Waals surface area contributed by atoms with Crippen LogP contribution in [0.25, 0.3) is 0 Å². The first kappa shape index (κ1) is 20.6. The number of carboxylic acids is 1. The number of halogens is 1. The van der Waals surface area contributed by atoms with Crippen LogP contribution >= 0.6 is 11.6 Å². The van der Waals surface area contributed by atoms with Crippen molar-refractivity contribution in [2.45, 2.75) is 37.8 Å². The first-order valence-corrected chi connectivity index (χ1v) is 12.1. The Morgan fingerprint density at radius 3 is 2.61 bits per heavy atom. The van der Waals surface area contributed by atoms with Crippen LogP contribution in [0.4, 0.5) is 5.69 Å². The van der Waals surface area contributed by atoms with Gasteiger partial charge in [-0.05, 0) is 90.5 Å². The first-order valence-electron chi connectivity index (χ1n) is 11.7. The number of hydrogen-bond donors (Lipinski definition) is 2. The predicted octanol–water partition coefficient (Wildman–Crippen LogP) is 6.91. The molecule has 3 aliphatic rings. The molecule has 0 radical (unpaired) electrons. The molecule has 0 unspecified atom stereocenters. The first-order chi connectivity index (χ1) is 16.1. The third-order valence-electron chi connectivity index (χ3n) is 7.93. The Bertz CT molecular complexity index is 1210. The highest BCUT2D eigenvalue weighted by Gasteiger charge is 2.53. The lowest BCUT2D eigenvalue weighted by Crippen LogP contribution is -2.35. The average molecular weight is 460 g/mol. The van der Waals surface area contributed by atoms with E-state index >= 15 is 0 Å². The Balaban J connectivity index is 1.27. The molecule has 0 aromatic heterocycles. The van der Waals surface area contributed by atoms with Crippen LogP contribution in [0, 0.1) is 17.8 Å². The fourth-order valence-corrected chi connectivity index (χ4v) is 6.69. The van der Waals surface area contributed by atoms with Crippen molar-refractivity contribution in [2.24, 2.45) is 17.8 Å². The molecule has 3 aromatic rings. The van der Waals surface area contributed by atoms with E-state index in [1.165, 1.54) is 30.4 Å². The van der Waals surface area contributed by atoms with Gasteiger partial charge in [0.25, 0.3) is 0 Å². The third-order valence-corrected chi connectivity index (χ3v) is 8.29. The molecule has 2 saturated carbocycles. The quantitative estimate of drug-likeness (QED) is 0.435. The molecule has 2 N–H and O–H groups in total. The maximum atomic E-state index is 11.6. The van der Waals surface area contributed by atoms with Gasteiger partial charge in [-0.25, -0.2) is 4.79 Å². The van der Waals surface area contributed by atoms with Crippen LogP contribution in [-0.2, 0) is 6.61 Å². The third kappa shape index (κ3) is 3.57. The van der Waals surface area contributed by atoms with Gasteiger partial charge in [0.2, 0.25) is 0 Å². The highest BCUT2D eigenvalue weighted by molar-refractivity contribution is 6.31. The van der Waals surface area contributed by atoms with Crippen LogP contribution < -0.4 is 10.1 Å². The van der Waals surface area contributed by atoms with E-state index in [1.807, 2.05) is 48.5 Å². The van der Waals surface area contributed by atoms with Crippen molar-refractivity contribution in [3.8, 4) is 5.75 Å². The van der Waals surface area contributed by atoms with Gasteiger partial charge < -0.3 is 15.2 Å². The van der Waals surface area contributed by atoms with Crippen LogP contribution in [0.3, 0.4) is 0 Å². The van der Waals surface area contributed by atoms with Crippen molar-refractivity contribution in [2.75, 3.05) is 5.32 Å². The summed E-state index contributed by atoms with van der Waals surface area (Å²) in [6, 6.07) is 22.0. The Kier molecular flexibility index (Phi) is 5.06. The van der Waals surface area contributed by atoms with Gasteiger partial charge in [0.15, 0.2) is 0 Å². The second kappa shape index (κ2) is 8.11.